The Morgan fingerprint density at radius 3 is 2.89 bits per heavy atom. The predicted molar refractivity (Wildman–Crippen MR) is 71.5 cm³/mol. The van der Waals surface area contributed by atoms with Gasteiger partial charge in [0.2, 0.25) is 5.91 Å². The largest absolute Gasteiger partial charge is 0.325 e. The monoisotopic (exact) mass is 277 g/mol. The molecule has 3 nitrogen and oxygen atoms in total. The number of hydrogen-bond acceptors (Lipinski definition) is 3. The molecule has 5 heteroatoms. The molecule has 1 aliphatic rings. The Morgan fingerprint density at radius 1 is 1.33 bits per heavy atom. The lowest BCUT2D eigenvalue weighted by Crippen LogP contribution is -2.20. The quantitative estimate of drug-likeness (QED) is 0.676. The van der Waals surface area contributed by atoms with E-state index in [1.807, 2.05) is 5.38 Å². The molecule has 0 bridgehead atoms. The summed E-state index contributed by atoms with van der Waals surface area (Å²) in [5, 5.41) is 5.04. The van der Waals surface area contributed by atoms with Crippen molar-refractivity contribution < 1.29 is 9.59 Å². The van der Waals surface area contributed by atoms with E-state index >= 15 is 0 Å². The van der Waals surface area contributed by atoms with Crippen LogP contribution in [0.4, 0.5) is 5.69 Å². The van der Waals surface area contributed by atoms with Gasteiger partial charge in [-0.1, -0.05) is 17.7 Å². The fourth-order valence-electron chi connectivity index (χ4n) is 2.05. The number of fused-ring (bicyclic) bond motifs is 1. The Morgan fingerprint density at radius 2 is 2.17 bits per heavy atom. The lowest BCUT2D eigenvalue weighted by molar-refractivity contribution is -0.116. The third kappa shape index (κ3) is 1.74. The molecule has 2 aromatic rings. The number of hydrogen-bond donors (Lipinski definition) is 1. The van der Waals surface area contributed by atoms with Crippen LogP contribution in [0.2, 0.25) is 5.02 Å². The second-order valence-electron chi connectivity index (χ2n) is 4.00. The SMILES string of the molecule is O=C1Nc2ccc(Cl)cc2C1C(=O)c1cccs1. The molecule has 0 aliphatic carbocycles. The van der Waals surface area contributed by atoms with Crippen LogP contribution >= 0.6 is 22.9 Å². The van der Waals surface area contributed by atoms with Gasteiger partial charge in [-0.25, -0.2) is 0 Å². The average molecular weight is 278 g/mol. The van der Waals surface area contributed by atoms with E-state index in [-0.39, 0.29) is 11.7 Å². The molecule has 3 rings (SSSR count). The van der Waals surface area contributed by atoms with E-state index in [4.69, 9.17) is 11.6 Å². The number of Topliss-reactive ketones (excluding diaryl/α,β-unsaturated/α-hetero) is 1. The van der Waals surface area contributed by atoms with Crippen molar-refractivity contribution in [3.05, 3.63) is 51.2 Å². The van der Waals surface area contributed by atoms with E-state index in [9.17, 15) is 9.59 Å². The summed E-state index contributed by atoms with van der Waals surface area (Å²) in [6.07, 6.45) is 0. The third-order valence-electron chi connectivity index (χ3n) is 2.87. The topological polar surface area (TPSA) is 46.2 Å². The Kier molecular flexibility index (Phi) is 2.69. The molecular weight excluding hydrogens is 270 g/mol. The highest BCUT2D eigenvalue weighted by molar-refractivity contribution is 7.12. The highest BCUT2D eigenvalue weighted by Gasteiger charge is 2.37. The molecule has 1 N–H and O–H groups in total. The molecule has 0 fully saturated rings. The average Bonchev–Trinajstić information content (AvgIpc) is 2.94. The first-order valence-electron chi connectivity index (χ1n) is 5.35. The van der Waals surface area contributed by atoms with Gasteiger partial charge in [0.05, 0.1) is 4.88 Å². The van der Waals surface area contributed by atoms with Gasteiger partial charge in [-0.2, -0.15) is 0 Å². The second-order valence-corrected chi connectivity index (χ2v) is 5.38. The van der Waals surface area contributed by atoms with Crippen LogP contribution < -0.4 is 5.32 Å². The van der Waals surface area contributed by atoms with Gasteiger partial charge < -0.3 is 5.32 Å². The van der Waals surface area contributed by atoms with Gasteiger partial charge in [-0.05, 0) is 35.2 Å². The van der Waals surface area contributed by atoms with Crippen molar-refractivity contribution in [2.45, 2.75) is 5.92 Å². The van der Waals surface area contributed by atoms with Crippen LogP contribution in [0.3, 0.4) is 0 Å². The molecule has 1 aromatic carbocycles. The number of benzene rings is 1. The summed E-state index contributed by atoms with van der Waals surface area (Å²) < 4.78 is 0. The van der Waals surface area contributed by atoms with Crippen molar-refractivity contribution in [2.24, 2.45) is 0 Å². The van der Waals surface area contributed by atoms with Crippen LogP contribution in [0.15, 0.2) is 35.7 Å². The molecule has 0 saturated heterocycles. The summed E-state index contributed by atoms with van der Waals surface area (Å²) >= 11 is 7.25. The zero-order chi connectivity index (χ0) is 12.7. The highest BCUT2D eigenvalue weighted by Crippen LogP contribution is 2.36. The number of halogens is 1. The minimum absolute atomic E-state index is 0.177. The number of ketones is 1. The van der Waals surface area contributed by atoms with Crippen LogP contribution in [0.5, 0.6) is 0 Å². The molecule has 0 saturated carbocycles. The van der Waals surface area contributed by atoms with E-state index < -0.39 is 5.92 Å². The second kappa shape index (κ2) is 4.23. The van der Waals surface area contributed by atoms with Crippen molar-refractivity contribution in [3.8, 4) is 0 Å². The molecule has 1 atom stereocenters. The van der Waals surface area contributed by atoms with Crippen LogP contribution in [0, 0.1) is 0 Å². The molecule has 1 unspecified atom stereocenters. The smallest absolute Gasteiger partial charge is 0.239 e. The standard InChI is InChI=1S/C13H8ClNO2S/c14-7-3-4-9-8(6-7)11(13(17)15-9)12(16)10-2-1-5-18-10/h1-6,11H,(H,15,17). The lowest BCUT2D eigenvalue weighted by Gasteiger charge is -2.06. The summed E-state index contributed by atoms with van der Waals surface area (Å²) in [6.45, 7) is 0. The molecule has 18 heavy (non-hydrogen) atoms. The fraction of sp³-hybridized carbons (Fsp3) is 0.0769. The van der Waals surface area contributed by atoms with Gasteiger partial charge in [-0.3, -0.25) is 9.59 Å². The summed E-state index contributed by atoms with van der Waals surface area (Å²) in [7, 11) is 0. The third-order valence-corrected chi connectivity index (χ3v) is 3.99. The minimum atomic E-state index is -0.780. The summed E-state index contributed by atoms with van der Waals surface area (Å²) in [5.41, 5.74) is 1.32. The maximum Gasteiger partial charge on any atom is 0.239 e. The number of anilines is 1. The fourth-order valence-corrected chi connectivity index (χ4v) is 2.93. The van der Waals surface area contributed by atoms with E-state index in [0.29, 0.717) is 21.2 Å². The van der Waals surface area contributed by atoms with Gasteiger partial charge in [0.1, 0.15) is 5.92 Å². The van der Waals surface area contributed by atoms with Gasteiger partial charge in [0.25, 0.3) is 0 Å². The molecule has 1 aromatic heterocycles. The van der Waals surface area contributed by atoms with Crippen molar-refractivity contribution >= 4 is 40.3 Å². The molecule has 1 aliphatic heterocycles. The normalized spacial score (nSPS) is 17.4. The number of carbonyl (C=O) groups is 2. The number of rotatable bonds is 2. The maximum absolute atomic E-state index is 12.3. The van der Waals surface area contributed by atoms with E-state index in [1.165, 1.54) is 11.3 Å². The number of nitrogens with one attached hydrogen (secondary N) is 1. The van der Waals surface area contributed by atoms with Crippen molar-refractivity contribution in [2.75, 3.05) is 5.32 Å². The zero-order valence-electron chi connectivity index (χ0n) is 9.14. The number of amides is 1. The molecule has 0 spiro atoms. The van der Waals surface area contributed by atoms with Gasteiger partial charge >= 0.3 is 0 Å². The molecule has 90 valence electrons. The molecule has 0 radical (unpaired) electrons. The summed E-state index contributed by atoms with van der Waals surface area (Å²) in [5.74, 6) is -1.24. The predicted octanol–water partition coefficient (Wildman–Crippen LogP) is 3.32. The molecule has 2 heterocycles. The van der Waals surface area contributed by atoms with Gasteiger partial charge in [-0.15, -0.1) is 11.3 Å². The zero-order valence-corrected chi connectivity index (χ0v) is 10.7. The van der Waals surface area contributed by atoms with Crippen molar-refractivity contribution in [3.63, 3.8) is 0 Å². The van der Waals surface area contributed by atoms with Crippen molar-refractivity contribution in [1.82, 2.24) is 0 Å². The number of thiophene rings is 1. The Balaban J connectivity index is 2.06. The Bertz CT molecular complexity index is 636. The summed E-state index contributed by atoms with van der Waals surface area (Å²) in [4.78, 5) is 24.8. The van der Waals surface area contributed by atoms with E-state index in [2.05, 4.69) is 5.32 Å². The first kappa shape index (κ1) is 11.4. The van der Waals surface area contributed by atoms with Crippen LogP contribution in [0.1, 0.15) is 21.2 Å². The van der Waals surface area contributed by atoms with Crippen LogP contribution in [-0.4, -0.2) is 11.7 Å². The Hall–Kier alpha value is -1.65. The van der Waals surface area contributed by atoms with Crippen LogP contribution in [-0.2, 0) is 4.79 Å². The van der Waals surface area contributed by atoms with Gasteiger partial charge in [0.15, 0.2) is 5.78 Å². The molecular formula is C13H8ClNO2S. The van der Waals surface area contributed by atoms with Crippen molar-refractivity contribution in [1.29, 1.82) is 0 Å². The van der Waals surface area contributed by atoms with Crippen LogP contribution in [0.25, 0.3) is 0 Å². The van der Waals surface area contributed by atoms with Gasteiger partial charge in [0, 0.05) is 10.7 Å². The maximum atomic E-state index is 12.3. The number of carbonyl (C=O) groups excluding carboxylic acids is 2. The molecule has 1 amide bonds. The minimum Gasteiger partial charge on any atom is -0.325 e. The first-order valence-corrected chi connectivity index (χ1v) is 6.60. The first-order chi connectivity index (χ1) is 8.66. The lowest BCUT2D eigenvalue weighted by atomic mass is 9.95. The Labute approximate surface area is 112 Å². The highest BCUT2D eigenvalue weighted by atomic mass is 35.5. The van der Waals surface area contributed by atoms with E-state index in [1.54, 1.807) is 30.3 Å². The summed E-state index contributed by atoms with van der Waals surface area (Å²) in [6, 6.07) is 8.60. The van der Waals surface area contributed by atoms with E-state index in [0.717, 1.165) is 0 Å².